The number of benzene rings is 1. The van der Waals surface area contributed by atoms with Crippen molar-refractivity contribution in [1.82, 2.24) is 5.32 Å². The van der Waals surface area contributed by atoms with Crippen molar-refractivity contribution in [3.05, 3.63) is 35.1 Å². The quantitative estimate of drug-likeness (QED) is 0.799. The average molecular weight is 259 g/mol. The van der Waals surface area contributed by atoms with E-state index in [9.17, 15) is 13.2 Å². The Labute approximate surface area is 106 Å². The van der Waals surface area contributed by atoms with Crippen molar-refractivity contribution in [3.8, 4) is 0 Å². The fourth-order valence-electron chi connectivity index (χ4n) is 1.83. The molecule has 0 aliphatic heterocycles. The van der Waals surface area contributed by atoms with Gasteiger partial charge in [0.1, 0.15) is 0 Å². The van der Waals surface area contributed by atoms with E-state index in [0.717, 1.165) is 25.0 Å². The Morgan fingerprint density at radius 2 is 1.61 bits per heavy atom. The third-order valence-electron chi connectivity index (χ3n) is 2.94. The minimum atomic E-state index is -1.41. The van der Waals surface area contributed by atoms with Crippen molar-refractivity contribution in [1.29, 1.82) is 0 Å². The number of rotatable bonds is 4. The minimum Gasteiger partial charge on any atom is -0.313 e. The minimum absolute atomic E-state index is 0.145. The molecule has 0 aromatic heterocycles. The largest absolute Gasteiger partial charge is 0.313 e. The summed E-state index contributed by atoms with van der Waals surface area (Å²) >= 11 is 0. The first-order valence-corrected chi connectivity index (χ1v) is 6.06. The number of hydrogen-bond acceptors (Lipinski definition) is 1. The monoisotopic (exact) mass is 259 g/mol. The second kappa shape index (κ2) is 5.74. The van der Waals surface area contributed by atoms with Gasteiger partial charge in [0, 0.05) is 6.04 Å². The lowest BCUT2D eigenvalue weighted by molar-refractivity contribution is 0.336. The van der Waals surface area contributed by atoms with Gasteiger partial charge in [-0.25, -0.2) is 13.2 Å². The van der Waals surface area contributed by atoms with Gasteiger partial charge in [-0.15, -0.1) is 0 Å². The van der Waals surface area contributed by atoms with E-state index < -0.39 is 17.5 Å². The molecule has 0 radical (unpaired) electrons. The average Bonchev–Trinajstić information content (AvgIpc) is 2.25. The zero-order valence-electron chi connectivity index (χ0n) is 11.3. The summed E-state index contributed by atoms with van der Waals surface area (Å²) in [5, 5.41) is 3.01. The van der Waals surface area contributed by atoms with Gasteiger partial charge < -0.3 is 5.32 Å². The van der Waals surface area contributed by atoms with E-state index in [0.29, 0.717) is 5.56 Å². The molecular formula is C14H20F3N. The third kappa shape index (κ3) is 4.02. The molecular weight excluding hydrogens is 239 g/mol. The lowest BCUT2D eigenvalue weighted by Gasteiger charge is -2.23. The topological polar surface area (TPSA) is 12.0 Å². The van der Waals surface area contributed by atoms with Crippen LogP contribution in [0.4, 0.5) is 13.2 Å². The lowest BCUT2D eigenvalue weighted by atomic mass is 9.87. The molecule has 0 aliphatic rings. The van der Waals surface area contributed by atoms with Gasteiger partial charge in [0.15, 0.2) is 17.5 Å². The summed E-state index contributed by atoms with van der Waals surface area (Å²) in [5.41, 5.74) is 0.588. The maximum Gasteiger partial charge on any atom is 0.194 e. The second-order valence-corrected chi connectivity index (χ2v) is 5.74. The highest BCUT2D eigenvalue weighted by Gasteiger charge is 2.19. The first-order valence-electron chi connectivity index (χ1n) is 6.06. The molecule has 1 N–H and O–H groups in total. The molecule has 0 aliphatic carbocycles. The van der Waals surface area contributed by atoms with Gasteiger partial charge in [-0.1, -0.05) is 20.8 Å². The van der Waals surface area contributed by atoms with E-state index in [1.807, 2.05) is 0 Å². The lowest BCUT2D eigenvalue weighted by Crippen LogP contribution is -2.19. The molecule has 0 saturated carbocycles. The highest BCUT2D eigenvalue weighted by molar-refractivity contribution is 5.22. The maximum atomic E-state index is 13.2. The molecule has 102 valence electrons. The van der Waals surface area contributed by atoms with E-state index in [4.69, 9.17) is 0 Å². The van der Waals surface area contributed by atoms with Gasteiger partial charge in [0.2, 0.25) is 0 Å². The van der Waals surface area contributed by atoms with Gasteiger partial charge in [-0.3, -0.25) is 0 Å². The van der Waals surface area contributed by atoms with Crippen LogP contribution in [-0.4, -0.2) is 7.05 Å². The predicted octanol–water partition coefficient (Wildman–Crippen LogP) is 4.19. The molecule has 1 nitrogen and oxygen atoms in total. The summed E-state index contributed by atoms with van der Waals surface area (Å²) in [5.74, 6) is -3.69. The van der Waals surface area contributed by atoms with E-state index in [2.05, 4.69) is 26.1 Å². The van der Waals surface area contributed by atoms with E-state index in [1.165, 1.54) is 0 Å². The Bertz CT molecular complexity index is 387. The Hall–Kier alpha value is -1.03. The summed E-state index contributed by atoms with van der Waals surface area (Å²) in [6, 6.07) is 1.94. The normalized spacial score (nSPS) is 13.7. The molecule has 0 spiro atoms. The van der Waals surface area contributed by atoms with Gasteiger partial charge >= 0.3 is 0 Å². The van der Waals surface area contributed by atoms with Crippen LogP contribution < -0.4 is 5.32 Å². The smallest absolute Gasteiger partial charge is 0.194 e. The highest BCUT2D eigenvalue weighted by atomic mass is 19.2. The van der Waals surface area contributed by atoms with Crippen LogP contribution in [0.2, 0.25) is 0 Å². The molecule has 0 bridgehead atoms. The maximum absolute atomic E-state index is 13.2. The first kappa shape index (κ1) is 15.0. The van der Waals surface area contributed by atoms with Crippen molar-refractivity contribution >= 4 is 0 Å². The summed E-state index contributed by atoms with van der Waals surface area (Å²) < 4.78 is 39.2. The molecule has 1 unspecified atom stereocenters. The zero-order chi connectivity index (χ0) is 13.9. The molecule has 0 heterocycles. The number of halogens is 3. The van der Waals surface area contributed by atoms with Crippen LogP contribution in [-0.2, 0) is 0 Å². The molecule has 0 fully saturated rings. The Morgan fingerprint density at radius 1 is 1.11 bits per heavy atom. The van der Waals surface area contributed by atoms with Crippen LogP contribution in [0, 0.1) is 22.9 Å². The standard InChI is InChI=1S/C14H20F3N/c1-14(2,3)6-5-12(18-4)9-7-10(15)13(17)11(16)8-9/h7-8,12,18H,5-6H2,1-4H3. The highest BCUT2D eigenvalue weighted by Crippen LogP contribution is 2.28. The molecule has 1 atom stereocenters. The van der Waals surface area contributed by atoms with Crippen LogP contribution in [0.5, 0.6) is 0 Å². The predicted molar refractivity (Wildman–Crippen MR) is 66.8 cm³/mol. The van der Waals surface area contributed by atoms with E-state index >= 15 is 0 Å². The van der Waals surface area contributed by atoms with Crippen LogP contribution >= 0.6 is 0 Å². The van der Waals surface area contributed by atoms with Crippen molar-refractivity contribution in [2.24, 2.45) is 5.41 Å². The molecule has 1 rings (SSSR count). The SMILES string of the molecule is CNC(CCC(C)(C)C)c1cc(F)c(F)c(F)c1. The van der Waals surface area contributed by atoms with Crippen molar-refractivity contribution < 1.29 is 13.2 Å². The van der Waals surface area contributed by atoms with Gasteiger partial charge in [-0.2, -0.15) is 0 Å². The Morgan fingerprint density at radius 3 is 2.00 bits per heavy atom. The Kier molecular flexibility index (Phi) is 4.79. The zero-order valence-corrected chi connectivity index (χ0v) is 11.3. The fraction of sp³-hybridized carbons (Fsp3) is 0.571. The summed E-state index contributed by atoms with van der Waals surface area (Å²) in [4.78, 5) is 0. The molecule has 0 amide bonds. The summed E-state index contributed by atoms with van der Waals surface area (Å²) in [6.45, 7) is 6.31. The Balaban J connectivity index is 2.89. The summed E-state index contributed by atoms with van der Waals surface area (Å²) in [7, 11) is 1.73. The van der Waals surface area contributed by atoms with Crippen molar-refractivity contribution in [2.75, 3.05) is 7.05 Å². The molecule has 0 saturated heterocycles. The van der Waals surface area contributed by atoms with Gasteiger partial charge in [0.25, 0.3) is 0 Å². The molecule has 1 aromatic rings. The summed E-state index contributed by atoms with van der Waals surface area (Å²) in [6.07, 6.45) is 1.64. The van der Waals surface area contributed by atoms with Crippen LogP contribution in [0.25, 0.3) is 0 Å². The molecule has 18 heavy (non-hydrogen) atoms. The van der Waals surface area contributed by atoms with Crippen molar-refractivity contribution in [2.45, 2.75) is 39.7 Å². The second-order valence-electron chi connectivity index (χ2n) is 5.74. The van der Waals surface area contributed by atoms with Gasteiger partial charge in [0.05, 0.1) is 0 Å². The van der Waals surface area contributed by atoms with E-state index in [-0.39, 0.29) is 11.5 Å². The third-order valence-corrected chi connectivity index (χ3v) is 2.94. The first-order chi connectivity index (χ1) is 8.24. The number of nitrogens with one attached hydrogen (secondary N) is 1. The molecule has 1 aromatic carbocycles. The van der Waals surface area contributed by atoms with Gasteiger partial charge in [-0.05, 0) is 43.0 Å². The van der Waals surface area contributed by atoms with Crippen LogP contribution in [0.3, 0.4) is 0 Å². The fourth-order valence-corrected chi connectivity index (χ4v) is 1.83. The van der Waals surface area contributed by atoms with Crippen LogP contribution in [0.15, 0.2) is 12.1 Å². The molecule has 4 heteroatoms. The number of hydrogen-bond donors (Lipinski definition) is 1. The van der Waals surface area contributed by atoms with E-state index in [1.54, 1.807) is 7.05 Å². The van der Waals surface area contributed by atoms with Crippen molar-refractivity contribution in [3.63, 3.8) is 0 Å². The van der Waals surface area contributed by atoms with Crippen LogP contribution in [0.1, 0.15) is 45.2 Å².